The number of carbonyl (C=O) groups excluding carboxylic acids is 1. The first kappa shape index (κ1) is 15.8. The number of unbranched alkanes of at least 4 members (excludes halogenated alkanes) is 3. The van der Waals surface area contributed by atoms with Gasteiger partial charge in [-0.15, -0.1) is 0 Å². The number of hydrogen-bond donors (Lipinski definition) is 4. The Kier molecular flexibility index (Phi) is 6.36. The summed E-state index contributed by atoms with van der Waals surface area (Å²) >= 11 is 0. The Balaban J connectivity index is 2.24. The Morgan fingerprint density at radius 3 is 2.45 bits per heavy atom. The Labute approximate surface area is 117 Å². The second-order valence-electron chi connectivity index (χ2n) is 4.49. The van der Waals surface area contributed by atoms with Crippen molar-refractivity contribution in [2.24, 2.45) is 0 Å². The molecule has 0 atom stereocenters. The van der Waals surface area contributed by atoms with Crippen molar-refractivity contribution in [1.82, 2.24) is 5.32 Å². The lowest BCUT2D eigenvalue weighted by atomic mass is 10.1. The zero-order valence-electron chi connectivity index (χ0n) is 11.1. The van der Waals surface area contributed by atoms with Gasteiger partial charge < -0.3 is 20.6 Å². The van der Waals surface area contributed by atoms with Gasteiger partial charge in [0.2, 0.25) is 0 Å². The Hall–Kier alpha value is -2.24. The first-order valence-corrected chi connectivity index (χ1v) is 6.53. The van der Waals surface area contributed by atoms with Crippen LogP contribution in [0.25, 0.3) is 0 Å². The standard InChI is InChI=1S/C14H19NO5/c16-11-7-5-6-10(13(11)19)14(20)15-9-4-2-1-3-8-12(17)18/h5-7,16,19H,1-4,8-9H2,(H,15,20)(H,17,18). The van der Waals surface area contributed by atoms with Crippen LogP contribution in [0, 0.1) is 0 Å². The summed E-state index contributed by atoms with van der Waals surface area (Å²) in [7, 11) is 0. The van der Waals surface area contributed by atoms with Gasteiger partial charge in [0.05, 0.1) is 5.56 Å². The molecule has 0 aliphatic heterocycles. The summed E-state index contributed by atoms with van der Waals surface area (Å²) < 4.78 is 0. The lowest BCUT2D eigenvalue weighted by Gasteiger charge is -2.07. The average molecular weight is 281 g/mol. The summed E-state index contributed by atoms with van der Waals surface area (Å²) in [6, 6.07) is 4.21. The largest absolute Gasteiger partial charge is 0.504 e. The molecule has 1 aromatic rings. The molecule has 0 aliphatic rings. The van der Waals surface area contributed by atoms with Crippen molar-refractivity contribution in [2.75, 3.05) is 6.54 Å². The molecule has 0 aromatic heterocycles. The lowest BCUT2D eigenvalue weighted by molar-refractivity contribution is -0.137. The molecule has 0 saturated heterocycles. The van der Waals surface area contributed by atoms with E-state index in [2.05, 4.69) is 5.32 Å². The first-order chi connectivity index (χ1) is 9.52. The molecule has 6 heteroatoms. The molecule has 0 heterocycles. The van der Waals surface area contributed by atoms with Gasteiger partial charge in [0.25, 0.3) is 5.91 Å². The van der Waals surface area contributed by atoms with Crippen molar-refractivity contribution in [3.05, 3.63) is 23.8 Å². The average Bonchev–Trinajstić information content (AvgIpc) is 2.40. The molecule has 4 N–H and O–H groups in total. The highest BCUT2D eigenvalue weighted by molar-refractivity contribution is 5.97. The smallest absolute Gasteiger partial charge is 0.303 e. The summed E-state index contributed by atoms with van der Waals surface area (Å²) in [5.41, 5.74) is 0.0378. The number of phenolic OH excluding ortho intramolecular Hbond substituents is 2. The van der Waals surface area contributed by atoms with Gasteiger partial charge in [-0.1, -0.05) is 18.9 Å². The third-order valence-corrected chi connectivity index (χ3v) is 2.86. The molecule has 20 heavy (non-hydrogen) atoms. The molecule has 0 saturated carbocycles. The van der Waals surface area contributed by atoms with E-state index in [1.54, 1.807) is 0 Å². The normalized spacial score (nSPS) is 10.2. The van der Waals surface area contributed by atoms with Crippen LogP contribution in [-0.2, 0) is 4.79 Å². The third-order valence-electron chi connectivity index (χ3n) is 2.86. The fourth-order valence-electron chi connectivity index (χ4n) is 1.77. The Morgan fingerprint density at radius 1 is 1.05 bits per heavy atom. The number of carbonyl (C=O) groups is 2. The summed E-state index contributed by atoms with van der Waals surface area (Å²) in [4.78, 5) is 22.0. The zero-order valence-corrected chi connectivity index (χ0v) is 11.1. The molecular formula is C14H19NO5. The number of rotatable bonds is 8. The van der Waals surface area contributed by atoms with Crippen molar-refractivity contribution in [1.29, 1.82) is 0 Å². The third kappa shape index (κ3) is 5.17. The van der Waals surface area contributed by atoms with Crippen molar-refractivity contribution in [2.45, 2.75) is 32.1 Å². The van der Waals surface area contributed by atoms with Gasteiger partial charge in [-0.2, -0.15) is 0 Å². The fraction of sp³-hybridized carbons (Fsp3) is 0.429. The van der Waals surface area contributed by atoms with Crippen LogP contribution in [0.1, 0.15) is 42.5 Å². The van der Waals surface area contributed by atoms with Crippen LogP contribution < -0.4 is 5.32 Å². The van der Waals surface area contributed by atoms with Gasteiger partial charge in [-0.25, -0.2) is 0 Å². The van der Waals surface area contributed by atoms with Gasteiger partial charge in [0.1, 0.15) is 0 Å². The van der Waals surface area contributed by atoms with E-state index in [1.807, 2.05) is 0 Å². The number of aromatic hydroxyl groups is 2. The highest BCUT2D eigenvalue weighted by Gasteiger charge is 2.12. The minimum absolute atomic E-state index is 0.0378. The summed E-state index contributed by atoms with van der Waals surface area (Å²) in [5, 5.41) is 29.9. The number of benzene rings is 1. The molecule has 1 amide bonds. The SMILES string of the molecule is O=C(O)CCCCCCNC(=O)c1cccc(O)c1O. The maximum Gasteiger partial charge on any atom is 0.303 e. The number of carboxylic acids is 1. The minimum atomic E-state index is -0.794. The second kappa shape index (κ2) is 8.04. The van der Waals surface area contributed by atoms with E-state index in [0.29, 0.717) is 13.0 Å². The van der Waals surface area contributed by atoms with Gasteiger partial charge >= 0.3 is 5.97 Å². The topological polar surface area (TPSA) is 107 Å². The van der Waals surface area contributed by atoms with Crippen LogP contribution in [-0.4, -0.2) is 33.7 Å². The molecule has 110 valence electrons. The number of amides is 1. The quantitative estimate of drug-likeness (QED) is 0.430. The van der Waals surface area contributed by atoms with E-state index >= 15 is 0 Å². The predicted molar refractivity (Wildman–Crippen MR) is 72.8 cm³/mol. The van der Waals surface area contributed by atoms with E-state index in [9.17, 15) is 19.8 Å². The van der Waals surface area contributed by atoms with Gasteiger partial charge in [0, 0.05) is 13.0 Å². The molecule has 0 bridgehead atoms. The minimum Gasteiger partial charge on any atom is -0.504 e. The Bertz CT molecular complexity index is 473. The highest BCUT2D eigenvalue weighted by atomic mass is 16.4. The van der Waals surface area contributed by atoms with E-state index in [-0.39, 0.29) is 17.7 Å². The van der Waals surface area contributed by atoms with Gasteiger partial charge in [-0.3, -0.25) is 9.59 Å². The summed E-state index contributed by atoms with van der Waals surface area (Å²) in [6.45, 7) is 0.445. The van der Waals surface area contributed by atoms with Crippen LogP contribution >= 0.6 is 0 Å². The maximum atomic E-state index is 11.7. The maximum absolute atomic E-state index is 11.7. The van der Waals surface area contributed by atoms with Gasteiger partial charge in [-0.05, 0) is 25.0 Å². The van der Waals surface area contributed by atoms with Crippen molar-refractivity contribution < 1.29 is 24.9 Å². The van der Waals surface area contributed by atoms with E-state index in [4.69, 9.17) is 5.11 Å². The summed E-state index contributed by atoms with van der Waals surface area (Å²) in [5.74, 6) is -1.99. The van der Waals surface area contributed by atoms with Crippen LogP contribution in [0.3, 0.4) is 0 Å². The fourth-order valence-corrected chi connectivity index (χ4v) is 1.77. The molecule has 0 aliphatic carbocycles. The number of phenols is 2. The first-order valence-electron chi connectivity index (χ1n) is 6.53. The summed E-state index contributed by atoms with van der Waals surface area (Å²) in [6.07, 6.45) is 3.18. The van der Waals surface area contributed by atoms with Crippen molar-refractivity contribution >= 4 is 11.9 Å². The monoisotopic (exact) mass is 281 g/mol. The van der Waals surface area contributed by atoms with Crippen LogP contribution in [0.2, 0.25) is 0 Å². The van der Waals surface area contributed by atoms with Crippen LogP contribution in [0.5, 0.6) is 11.5 Å². The number of nitrogens with one attached hydrogen (secondary N) is 1. The number of hydrogen-bond acceptors (Lipinski definition) is 4. The number of para-hydroxylation sites is 1. The molecule has 1 aromatic carbocycles. The highest BCUT2D eigenvalue weighted by Crippen LogP contribution is 2.27. The number of aliphatic carboxylic acids is 1. The van der Waals surface area contributed by atoms with E-state index < -0.39 is 17.6 Å². The molecule has 0 fully saturated rings. The second-order valence-corrected chi connectivity index (χ2v) is 4.49. The Morgan fingerprint density at radius 2 is 1.75 bits per heavy atom. The predicted octanol–water partition coefficient (Wildman–Crippen LogP) is 1.86. The van der Waals surface area contributed by atoms with E-state index in [1.165, 1.54) is 18.2 Å². The number of carboxylic acid groups (broad SMARTS) is 1. The molecule has 0 radical (unpaired) electrons. The molecule has 0 unspecified atom stereocenters. The van der Waals surface area contributed by atoms with Crippen LogP contribution in [0.4, 0.5) is 0 Å². The molecule has 1 rings (SSSR count). The lowest BCUT2D eigenvalue weighted by Crippen LogP contribution is -2.24. The molecule has 6 nitrogen and oxygen atoms in total. The van der Waals surface area contributed by atoms with Crippen molar-refractivity contribution in [3.63, 3.8) is 0 Å². The molecular weight excluding hydrogens is 262 g/mol. The van der Waals surface area contributed by atoms with E-state index in [0.717, 1.165) is 19.3 Å². The molecule has 0 spiro atoms. The zero-order chi connectivity index (χ0) is 15.0. The van der Waals surface area contributed by atoms with Crippen molar-refractivity contribution in [3.8, 4) is 11.5 Å². The van der Waals surface area contributed by atoms with Gasteiger partial charge in [0.15, 0.2) is 11.5 Å². The van der Waals surface area contributed by atoms with Crippen LogP contribution in [0.15, 0.2) is 18.2 Å².